The smallest absolute Gasteiger partial charge is 0.349 e. The van der Waals surface area contributed by atoms with Gasteiger partial charge in [-0.05, 0) is 51.0 Å². The molecule has 9 aromatic rings. The molecular weight excluding hydrogens is 1600 g/mol. The average Bonchev–Trinajstić information content (AvgIpc) is 1.58. The van der Waals surface area contributed by atoms with Gasteiger partial charge in [0, 0.05) is 179 Å². The van der Waals surface area contributed by atoms with Crippen LogP contribution < -0.4 is 45.5 Å². The number of H-pyrrole nitrogens is 2. The van der Waals surface area contributed by atoms with Gasteiger partial charge in [0.1, 0.15) is 41.7 Å². The molecule has 7 aliphatic heterocycles. The van der Waals surface area contributed by atoms with Crippen LogP contribution in [-0.4, -0.2) is 143 Å². The van der Waals surface area contributed by atoms with E-state index in [1.54, 1.807) is 46.7 Å². The van der Waals surface area contributed by atoms with E-state index in [-0.39, 0.29) is 239 Å². The number of nitrogens with two attached hydrogens (primary N) is 5. The van der Waals surface area contributed by atoms with Crippen molar-refractivity contribution in [3.8, 4) is 0 Å². The minimum absolute atomic E-state index is 0. The van der Waals surface area contributed by atoms with Crippen molar-refractivity contribution in [2.45, 2.75) is 241 Å². The molecule has 4 bridgehead atoms. The van der Waals surface area contributed by atoms with E-state index in [0.717, 1.165) is 89.3 Å². The topological polar surface area (TPSA) is 444 Å². The Morgan fingerprint density at radius 3 is 1.19 bits per heavy atom. The number of rotatable bonds is 15. The quantitative estimate of drug-likeness (QED) is 0.0469. The average molecular weight is 1710 g/mol. The molecule has 579 valence electrons. The Hall–Kier alpha value is -5.29. The predicted molar refractivity (Wildman–Crippen MR) is 397 cm³/mol. The van der Waals surface area contributed by atoms with Crippen molar-refractivity contribution in [2.24, 2.45) is 29.6 Å². The molecule has 5 unspecified atom stereocenters. The van der Waals surface area contributed by atoms with E-state index < -0.39 is 0 Å². The Morgan fingerprint density at radius 1 is 0.458 bits per heavy atom. The molecule has 0 aromatic carbocycles. The zero-order valence-electron chi connectivity index (χ0n) is 60.8. The zero-order valence-corrected chi connectivity index (χ0v) is 69.3. The number of imidazole rings is 4. The van der Waals surface area contributed by atoms with Crippen LogP contribution in [-0.2, 0) is 131 Å². The molecule has 17 atom stereocenters. The number of nitrogens with one attached hydrogen (secondary N) is 2. The summed E-state index contributed by atoms with van der Waals surface area (Å²) in [6.07, 6.45) is 28.9. The minimum Gasteiger partial charge on any atom is -0.389 e. The van der Waals surface area contributed by atoms with E-state index in [1.165, 1.54) is 17.2 Å². The largest absolute Gasteiger partial charge is 0.389 e. The fourth-order valence-corrected chi connectivity index (χ4v) is 15.9. The van der Waals surface area contributed by atoms with E-state index in [1.807, 2.05) is 9.13 Å². The van der Waals surface area contributed by atoms with Crippen molar-refractivity contribution >= 4 is 74.0 Å². The van der Waals surface area contributed by atoms with Gasteiger partial charge in [0.2, 0.25) is 11.9 Å². The molecule has 0 spiro atoms. The summed E-state index contributed by atoms with van der Waals surface area (Å²) in [5.74, 6) is 3.19. The summed E-state index contributed by atoms with van der Waals surface area (Å²) in [5.41, 5.74) is 31.2. The molecule has 16 heterocycles. The number of anilines is 5. The van der Waals surface area contributed by atoms with Crippen molar-refractivity contribution in [2.75, 3.05) is 41.9 Å². The Balaban J connectivity index is 0.000000207. The number of nitrogens with zero attached hydrogens (tertiary/aromatic N) is 16. The number of aromatic amines is 2. The summed E-state index contributed by atoms with van der Waals surface area (Å²) in [4.78, 5) is 85.9. The van der Waals surface area contributed by atoms with Crippen LogP contribution in [0, 0.1) is 48.9 Å². The van der Waals surface area contributed by atoms with Gasteiger partial charge < -0.3 is 75.5 Å². The summed E-state index contributed by atoms with van der Waals surface area (Å²) in [6.45, 7) is 22.9. The number of aromatic nitrogens is 18. The molecule has 107 heavy (non-hydrogen) atoms. The van der Waals surface area contributed by atoms with E-state index in [2.05, 4.69) is 153 Å². The van der Waals surface area contributed by atoms with Crippen molar-refractivity contribution < 1.29 is 131 Å². The van der Waals surface area contributed by atoms with Gasteiger partial charge in [-0.25, -0.2) is 44.7 Å². The van der Waals surface area contributed by atoms with Crippen molar-refractivity contribution in [3.63, 3.8) is 0 Å². The maximum absolute atomic E-state index is 12.0. The van der Waals surface area contributed by atoms with Crippen LogP contribution in [0.5, 0.6) is 0 Å². The van der Waals surface area contributed by atoms with Gasteiger partial charge in [0.25, 0.3) is 11.1 Å². The summed E-state index contributed by atoms with van der Waals surface area (Å²) >= 11 is 0. The van der Waals surface area contributed by atoms with Gasteiger partial charge in [-0.3, -0.25) is 48.0 Å². The molecule has 36 heteroatoms. The first kappa shape index (κ1) is 90.6. The second kappa shape index (κ2) is 39.3. The molecule has 0 amide bonds. The van der Waals surface area contributed by atoms with Gasteiger partial charge in [-0.1, -0.05) is 111 Å². The Labute approximate surface area is 700 Å². The van der Waals surface area contributed by atoms with E-state index in [4.69, 9.17) is 61.8 Å². The maximum atomic E-state index is 12.0. The molecule has 7 fully saturated rings. The third-order valence-corrected chi connectivity index (χ3v) is 21.3. The Bertz CT molecular complexity index is 4480. The molecule has 7 aliphatic rings. The number of ether oxygens (including phenoxy) is 7. The second-order valence-electron chi connectivity index (χ2n) is 26.5. The normalized spacial score (nSPS) is 28.5. The van der Waals surface area contributed by atoms with Crippen LogP contribution in [0.2, 0.25) is 0 Å². The third kappa shape index (κ3) is 18.0. The zero-order chi connectivity index (χ0) is 71.6. The molecule has 3 radical (unpaired) electrons. The van der Waals surface area contributed by atoms with Crippen LogP contribution in [0.1, 0.15) is 200 Å². The van der Waals surface area contributed by atoms with Crippen LogP contribution in [0.15, 0.2) is 64.6 Å². The number of nitrogen functional groups attached to an aromatic ring is 5. The van der Waals surface area contributed by atoms with E-state index >= 15 is 0 Å². The summed E-state index contributed by atoms with van der Waals surface area (Å²) in [5, 5.41) is 0. The summed E-state index contributed by atoms with van der Waals surface area (Å²) in [6, 6.07) is 1.61. The van der Waals surface area contributed by atoms with Crippen LogP contribution in [0.3, 0.4) is 0 Å². The van der Waals surface area contributed by atoms with Crippen LogP contribution in [0.25, 0.3) is 44.7 Å². The first-order chi connectivity index (χ1) is 48.8. The Kier molecular flexibility index (Phi) is 33.2. The van der Waals surface area contributed by atoms with E-state index in [9.17, 15) is 14.4 Å². The molecule has 9 aromatic heterocycles. The van der Waals surface area contributed by atoms with Crippen molar-refractivity contribution in [3.05, 3.63) is 101 Å². The van der Waals surface area contributed by atoms with Gasteiger partial charge in [0.15, 0.2) is 57.7 Å². The van der Waals surface area contributed by atoms with Gasteiger partial charge in [-0.2, -0.15) is 15.0 Å². The molecule has 33 nitrogen and oxygen atoms in total. The standard InChI is InChI=1S/C15H21N5O3.C15H21N5O2.C13H18N5O2.C13H18N5O.C12H18N3O2.3CH4.3Y/c1-3-8-10-13(23-15(8,4-2)5-6-22-10)20-7-17-9-11(20)18-14(16)19-12(9)21;1-3-9-11-14(22-15(9,4-2)5-6-21-11)20-8-19-10-12(16)17-7-18-13(10)20;1-3-7-5-9(20-8(7)4-2)18-6-15-10-11(18)16-13(14)17-12(10)19;1-3-8-5-10(19-9(8)4-2)18-7-17-11-12(14)15-6-16-13(11)18;1-3-8-7-11(17-9(8)4-2)15-6-5-10(13)14-12(15)16;;;;;;/h7-8,10,13H,3-6H2,1-2H3,(H3,16,18,19,21);7-9,11,14H,3-6H2,1-2H3,(H2,16,17,18);5-9H,3-4H2,1-2H3,(H3,14,16,17,19);5-10H,3-4H2,1-2H3,(H2,14,15,16);5-9,11H,3-4H2,1-2H3,(H2,13,14,16);3*1H4;;;/q;;3*-1;;;;;;/t8?,10-,13+,15-;9?,11-,14+,15-;7?,8-,9-;8?,9-,10-;8?,9-,11-;;;;;;/m00111....../s1. The molecule has 16 rings (SSSR count). The molecule has 7 saturated heterocycles. The van der Waals surface area contributed by atoms with Crippen LogP contribution >= 0.6 is 0 Å². The second-order valence-corrected chi connectivity index (χ2v) is 26.5. The monoisotopic (exact) mass is 1710 g/mol. The minimum atomic E-state index is -0.363. The molecule has 12 N–H and O–H groups in total. The maximum Gasteiger partial charge on any atom is 0.349 e. The van der Waals surface area contributed by atoms with Gasteiger partial charge in [0.05, 0.1) is 36.5 Å². The van der Waals surface area contributed by atoms with Gasteiger partial charge >= 0.3 is 5.69 Å². The predicted octanol–water partition coefficient (Wildman–Crippen LogP) is 9.55. The number of hydrogen-bond donors (Lipinski definition) is 7. The SMILES string of the molecule is C.C.C.CCC1[C@@H]2OCC[C@]1(CC)O[C@H]2n1cnc2c(=O)[nH]c(N)nc21.CCC1[C@@H]2OCC[C@]1(CC)O[C@H]2n1cnc2c(N)ncnc21.CCC1[CH-][C@H](n2ccc(N)nc2=O)O[C@@H]1CC.CCC1[CH-][C@H](n2cnc3c(=O)[nH]c(N)nc32)O[C@@H]1CC.CCC1[CH-][C@H](n2cnc3c(N)ncnc32)O[C@@H]1CC.[Y].[Y].[Y]. The summed E-state index contributed by atoms with van der Waals surface area (Å²) < 4.78 is 51.9. The molecule has 0 aliphatic carbocycles. The first-order valence-electron chi connectivity index (χ1n) is 35.6. The summed E-state index contributed by atoms with van der Waals surface area (Å²) in [7, 11) is 0. The Morgan fingerprint density at radius 2 is 0.822 bits per heavy atom. The third-order valence-electron chi connectivity index (χ3n) is 21.3. The van der Waals surface area contributed by atoms with Crippen molar-refractivity contribution in [1.82, 2.24) is 87.6 Å². The van der Waals surface area contributed by atoms with Crippen molar-refractivity contribution in [1.29, 1.82) is 0 Å². The van der Waals surface area contributed by atoms with Gasteiger partial charge in [-0.15, -0.1) is 17.8 Å². The first-order valence-corrected chi connectivity index (χ1v) is 35.6. The number of hydrogen-bond acceptors (Lipinski definition) is 26. The fourth-order valence-electron chi connectivity index (χ4n) is 15.9. The number of fused-ring (bicyclic) bond motifs is 8. The molecule has 0 saturated carbocycles. The molecular formula is C71H108N23O10Y3-3. The van der Waals surface area contributed by atoms with E-state index in [0.29, 0.717) is 75.8 Å². The fraction of sp³-hybridized carbons (Fsp3) is 0.620. The van der Waals surface area contributed by atoms with Crippen LogP contribution in [0.4, 0.5) is 29.4 Å².